The molecule has 7 heteroatoms. The van der Waals surface area contributed by atoms with E-state index < -0.39 is 0 Å². The van der Waals surface area contributed by atoms with Gasteiger partial charge in [0.25, 0.3) is 11.9 Å². The molecule has 1 aromatic heterocycles. The summed E-state index contributed by atoms with van der Waals surface area (Å²) in [6, 6.07) is 15.4. The van der Waals surface area contributed by atoms with Gasteiger partial charge >= 0.3 is 5.96 Å². The molecule has 1 amide bonds. The van der Waals surface area contributed by atoms with E-state index in [1.807, 2.05) is 55.5 Å². The minimum atomic E-state index is -0.107. The van der Waals surface area contributed by atoms with E-state index in [1.165, 1.54) is 0 Å². The third kappa shape index (κ3) is 3.57. The fourth-order valence-corrected chi connectivity index (χ4v) is 3.15. The molecule has 0 unspecified atom stereocenters. The molecule has 0 spiro atoms. The SMILES string of the molecule is COc1ccc2c(C)nc(NC3=[NH+][C@H](c4ccccc4)CC(=O)N3)nc2c1. The summed E-state index contributed by atoms with van der Waals surface area (Å²) < 4.78 is 5.27. The van der Waals surface area contributed by atoms with Gasteiger partial charge in [0.15, 0.2) is 0 Å². The number of carbonyl (C=O) groups excluding carboxylic acids is 1. The van der Waals surface area contributed by atoms with E-state index in [4.69, 9.17) is 4.74 Å². The van der Waals surface area contributed by atoms with Crippen molar-refractivity contribution in [1.29, 1.82) is 0 Å². The molecule has 27 heavy (non-hydrogen) atoms. The molecule has 1 aliphatic rings. The van der Waals surface area contributed by atoms with Gasteiger partial charge in [-0.15, -0.1) is 0 Å². The van der Waals surface area contributed by atoms with Crippen molar-refractivity contribution in [1.82, 2.24) is 15.3 Å². The highest BCUT2D eigenvalue weighted by molar-refractivity contribution is 6.01. The lowest BCUT2D eigenvalue weighted by molar-refractivity contribution is -0.513. The van der Waals surface area contributed by atoms with Gasteiger partial charge in [0.2, 0.25) is 0 Å². The largest absolute Gasteiger partial charge is 0.497 e. The van der Waals surface area contributed by atoms with E-state index in [0.717, 1.165) is 27.9 Å². The number of rotatable bonds is 3. The second-order valence-electron chi connectivity index (χ2n) is 6.38. The number of benzene rings is 2. The smallest absolute Gasteiger partial charge is 0.358 e. The first kappa shape index (κ1) is 17.0. The Morgan fingerprint density at radius 3 is 2.78 bits per heavy atom. The van der Waals surface area contributed by atoms with Gasteiger partial charge in [-0.1, -0.05) is 30.3 Å². The third-order valence-corrected chi connectivity index (χ3v) is 4.51. The maximum absolute atomic E-state index is 12.1. The first-order chi connectivity index (χ1) is 13.1. The number of aromatic nitrogens is 2. The molecule has 3 aromatic rings. The van der Waals surface area contributed by atoms with E-state index in [9.17, 15) is 4.79 Å². The number of anilines is 1. The van der Waals surface area contributed by atoms with Crippen molar-refractivity contribution in [3.8, 4) is 5.75 Å². The molecule has 7 nitrogen and oxygen atoms in total. The van der Waals surface area contributed by atoms with E-state index in [2.05, 4.69) is 25.6 Å². The van der Waals surface area contributed by atoms with Crippen LogP contribution in [-0.2, 0) is 4.79 Å². The Morgan fingerprint density at radius 2 is 2.00 bits per heavy atom. The quantitative estimate of drug-likeness (QED) is 0.648. The van der Waals surface area contributed by atoms with Crippen LogP contribution in [0.25, 0.3) is 10.9 Å². The number of fused-ring (bicyclic) bond motifs is 1. The molecule has 2 aromatic carbocycles. The van der Waals surface area contributed by atoms with Crippen LogP contribution in [0.15, 0.2) is 48.5 Å². The lowest BCUT2D eigenvalue weighted by Gasteiger charge is -2.17. The van der Waals surface area contributed by atoms with Crippen LogP contribution in [0.3, 0.4) is 0 Å². The van der Waals surface area contributed by atoms with Gasteiger partial charge < -0.3 is 4.74 Å². The van der Waals surface area contributed by atoms with Gasteiger partial charge in [-0.05, 0) is 24.6 Å². The first-order valence-corrected chi connectivity index (χ1v) is 8.70. The van der Waals surface area contributed by atoms with Gasteiger partial charge in [0.1, 0.15) is 11.8 Å². The number of guanidine groups is 1. The Morgan fingerprint density at radius 1 is 1.19 bits per heavy atom. The Hall–Kier alpha value is -3.48. The summed E-state index contributed by atoms with van der Waals surface area (Å²) >= 11 is 0. The van der Waals surface area contributed by atoms with Crippen molar-refractivity contribution in [3.05, 3.63) is 59.8 Å². The number of nitrogens with one attached hydrogen (secondary N) is 3. The molecule has 1 aliphatic heterocycles. The minimum absolute atomic E-state index is 0.0655. The lowest BCUT2D eigenvalue weighted by Crippen LogP contribution is -2.82. The van der Waals surface area contributed by atoms with Crippen molar-refractivity contribution in [3.63, 3.8) is 0 Å². The fourth-order valence-electron chi connectivity index (χ4n) is 3.15. The summed E-state index contributed by atoms with van der Waals surface area (Å²) in [7, 11) is 1.62. The molecular formula is C20H20N5O2+. The molecule has 0 saturated heterocycles. The van der Waals surface area contributed by atoms with Crippen LogP contribution in [0.1, 0.15) is 23.7 Å². The molecule has 1 atom stereocenters. The number of carbonyl (C=O) groups is 1. The van der Waals surface area contributed by atoms with Gasteiger partial charge in [0.05, 0.1) is 24.7 Å². The van der Waals surface area contributed by atoms with Crippen LogP contribution in [0.5, 0.6) is 5.75 Å². The number of amides is 1. The van der Waals surface area contributed by atoms with Gasteiger partial charge in [-0.25, -0.2) is 15.6 Å². The first-order valence-electron chi connectivity index (χ1n) is 8.70. The van der Waals surface area contributed by atoms with E-state index in [1.54, 1.807) is 7.11 Å². The number of methoxy groups -OCH3 is 1. The molecule has 0 aliphatic carbocycles. The molecule has 136 valence electrons. The molecule has 0 saturated carbocycles. The number of ether oxygens (including phenoxy) is 1. The summed E-state index contributed by atoms with van der Waals surface area (Å²) in [6.07, 6.45) is 0.365. The third-order valence-electron chi connectivity index (χ3n) is 4.51. The normalized spacial score (nSPS) is 16.6. The highest BCUT2D eigenvalue weighted by Crippen LogP contribution is 2.22. The van der Waals surface area contributed by atoms with Crippen LogP contribution in [0.2, 0.25) is 0 Å². The second kappa shape index (κ2) is 7.03. The topological polar surface area (TPSA) is 90.1 Å². The zero-order valence-electron chi connectivity index (χ0n) is 15.1. The Bertz CT molecular complexity index is 1030. The van der Waals surface area contributed by atoms with Crippen LogP contribution in [-0.4, -0.2) is 28.9 Å². The average Bonchev–Trinajstić information content (AvgIpc) is 2.67. The standard InChI is InChI=1S/C20H19N5O2/c1-12-15-9-8-14(27-2)10-17(15)23-19(21-12)25-20-22-16(11-18(26)24-20)13-6-4-3-5-7-13/h3-10,16H,11H2,1-2H3,(H2,21,22,23,24,25,26)/p+1/t16-/m0/s1. The Kier molecular flexibility index (Phi) is 4.42. The fraction of sp³-hybridized carbons (Fsp3) is 0.200. The Labute approximate surface area is 156 Å². The van der Waals surface area contributed by atoms with Crippen molar-refractivity contribution < 1.29 is 14.5 Å². The van der Waals surface area contributed by atoms with Crippen LogP contribution in [0, 0.1) is 6.92 Å². The lowest BCUT2D eigenvalue weighted by atomic mass is 10.0. The van der Waals surface area contributed by atoms with Crippen LogP contribution in [0.4, 0.5) is 5.95 Å². The van der Waals surface area contributed by atoms with E-state index >= 15 is 0 Å². The summed E-state index contributed by atoms with van der Waals surface area (Å²) in [6.45, 7) is 1.92. The molecule has 3 N–H and O–H groups in total. The van der Waals surface area contributed by atoms with Crippen LogP contribution >= 0.6 is 0 Å². The molecule has 0 radical (unpaired) electrons. The van der Waals surface area contributed by atoms with E-state index in [-0.39, 0.29) is 11.9 Å². The second-order valence-corrected chi connectivity index (χ2v) is 6.38. The van der Waals surface area contributed by atoms with Gasteiger partial charge in [-0.3, -0.25) is 9.79 Å². The minimum Gasteiger partial charge on any atom is -0.497 e. The summed E-state index contributed by atoms with van der Waals surface area (Å²) in [4.78, 5) is 24.5. The number of aryl methyl sites for hydroxylation is 1. The van der Waals surface area contributed by atoms with E-state index in [0.29, 0.717) is 18.3 Å². The van der Waals surface area contributed by atoms with Crippen molar-refractivity contribution in [2.45, 2.75) is 19.4 Å². The molecule has 0 fully saturated rings. The molecular weight excluding hydrogens is 342 g/mol. The number of nitrogens with zero attached hydrogens (tertiary/aromatic N) is 2. The molecule has 4 rings (SSSR count). The van der Waals surface area contributed by atoms with Crippen molar-refractivity contribution >= 4 is 28.7 Å². The van der Waals surface area contributed by atoms with Gasteiger partial charge in [0, 0.05) is 11.5 Å². The summed E-state index contributed by atoms with van der Waals surface area (Å²) in [5, 5.41) is 6.85. The zero-order chi connectivity index (χ0) is 18.8. The van der Waals surface area contributed by atoms with Gasteiger partial charge in [-0.2, -0.15) is 4.98 Å². The summed E-state index contributed by atoms with van der Waals surface area (Å²) in [5.41, 5.74) is 2.66. The highest BCUT2D eigenvalue weighted by atomic mass is 16.5. The zero-order valence-corrected chi connectivity index (χ0v) is 15.1. The Balaban J connectivity index is 1.66. The number of hydrogen-bond donors (Lipinski definition) is 3. The summed E-state index contributed by atoms with van der Waals surface area (Å²) in [5.74, 6) is 1.54. The maximum atomic E-state index is 12.1. The molecule has 2 heterocycles. The van der Waals surface area contributed by atoms with Crippen molar-refractivity contribution in [2.75, 3.05) is 12.4 Å². The number of hydrogen-bond acceptors (Lipinski definition) is 5. The van der Waals surface area contributed by atoms with Crippen LogP contribution < -0.4 is 20.4 Å². The van der Waals surface area contributed by atoms with Crippen molar-refractivity contribution in [2.24, 2.45) is 0 Å². The predicted octanol–water partition coefficient (Wildman–Crippen LogP) is 1.06. The highest BCUT2D eigenvalue weighted by Gasteiger charge is 2.27. The molecule has 0 bridgehead atoms. The average molecular weight is 362 g/mol. The predicted molar refractivity (Wildman–Crippen MR) is 102 cm³/mol. The monoisotopic (exact) mass is 362 g/mol. The maximum Gasteiger partial charge on any atom is 0.358 e.